The van der Waals surface area contributed by atoms with Gasteiger partial charge < -0.3 is 19.8 Å². The Morgan fingerprint density at radius 2 is 1.78 bits per heavy atom. The molecule has 0 aromatic heterocycles. The van der Waals surface area contributed by atoms with Crippen molar-refractivity contribution in [2.24, 2.45) is 4.99 Å². The van der Waals surface area contributed by atoms with Crippen LogP contribution in [0.5, 0.6) is 11.5 Å². The lowest BCUT2D eigenvalue weighted by atomic mass is 9.99. The van der Waals surface area contributed by atoms with Crippen molar-refractivity contribution < 1.29 is 24.5 Å². The molecule has 0 saturated carbocycles. The second-order valence-corrected chi connectivity index (χ2v) is 7.91. The van der Waals surface area contributed by atoms with Crippen LogP contribution in [0.4, 0.5) is 0 Å². The summed E-state index contributed by atoms with van der Waals surface area (Å²) in [4.78, 5) is 31.3. The van der Waals surface area contributed by atoms with E-state index in [-0.39, 0.29) is 53.8 Å². The molecule has 170 valence electrons. The summed E-state index contributed by atoms with van der Waals surface area (Å²) in [5.41, 5.74) is 0.730. The number of carbonyl (C=O) groups is 2. The normalized spacial score (nSPS) is 20.5. The van der Waals surface area contributed by atoms with Crippen molar-refractivity contribution in [3.05, 3.63) is 58.7 Å². The molecule has 0 atom stereocenters. The molecule has 0 aliphatic carbocycles. The Labute approximate surface area is 192 Å². The lowest BCUT2D eigenvalue weighted by Crippen LogP contribution is -2.28. The van der Waals surface area contributed by atoms with Gasteiger partial charge in [0.25, 0.3) is 0 Å². The highest BCUT2D eigenvalue weighted by molar-refractivity contribution is 6.33. The summed E-state index contributed by atoms with van der Waals surface area (Å²) in [6, 6.07) is 1.03. The van der Waals surface area contributed by atoms with Crippen LogP contribution in [0.2, 0.25) is 5.02 Å². The summed E-state index contributed by atoms with van der Waals surface area (Å²) in [5, 5.41) is 20.4. The lowest BCUT2D eigenvalue weighted by molar-refractivity contribution is -0.129. The number of halogens is 1. The molecular formula is C24H27ClN2O5. The molecule has 0 unspecified atom stereocenters. The number of cyclic esters (lactones) is 1. The van der Waals surface area contributed by atoms with Gasteiger partial charge in [-0.2, -0.15) is 0 Å². The Morgan fingerprint density at radius 3 is 2.56 bits per heavy atom. The fraction of sp³-hybridized carbons (Fsp3) is 0.375. The second-order valence-electron chi connectivity index (χ2n) is 7.53. The Bertz CT molecular complexity index is 973. The van der Waals surface area contributed by atoms with Gasteiger partial charge in [-0.15, -0.1) is 0 Å². The fourth-order valence-electron chi connectivity index (χ4n) is 3.50. The van der Waals surface area contributed by atoms with Crippen LogP contribution in [0.15, 0.2) is 47.5 Å². The van der Waals surface area contributed by atoms with Crippen molar-refractivity contribution in [3.8, 4) is 11.5 Å². The summed E-state index contributed by atoms with van der Waals surface area (Å²) >= 11 is 6.31. The molecule has 8 heteroatoms. The minimum atomic E-state index is -0.718. The minimum Gasteiger partial charge on any atom is -0.507 e. The molecule has 2 heterocycles. The molecule has 0 bridgehead atoms. The van der Waals surface area contributed by atoms with Gasteiger partial charge in [0.2, 0.25) is 5.91 Å². The van der Waals surface area contributed by atoms with Crippen LogP contribution in [0, 0.1) is 0 Å². The third kappa shape index (κ3) is 6.23. The zero-order valence-electron chi connectivity index (χ0n) is 17.8. The average molecular weight is 459 g/mol. The van der Waals surface area contributed by atoms with Gasteiger partial charge in [-0.3, -0.25) is 9.79 Å². The molecular weight excluding hydrogens is 432 g/mol. The number of hydrogen-bond donors (Lipinski definition) is 2. The van der Waals surface area contributed by atoms with Crippen molar-refractivity contribution in [2.75, 3.05) is 26.2 Å². The predicted octanol–water partition coefficient (Wildman–Crippen LogP) is 3.98. The third-order valence-electron chi connectivity index (χ3n) is 5.19. The highest BCUT2D eigenvalue weighted by Crippen LogP contribution is 2.37. The molecule has 3 rings (SSSR count). The SMILES string of the molecule is O=C1OCC/C=C/CC/C=C/C(=N\CCC(=O)N2CC=CC2)Cc2c(Cl)c(O)cc(O)c21. The van der Waals surface area contributed by atoms with E-state index in [2.05, 4.69) is 4.99 Å². The van der Waals surface area contributed by atoms with Crippen LogP contribution in [-0.2, 0) is 16.0 Å². The topological polar surface area (TPSA) is 99.4 Å². The average Bonchev–Trinajstić information content (AvgIpc) is 3.30. The molecule has 2 aliphatic heterocycles. The van der Waals surface area contributed by atoms with Crippen molar-refractivity contribution in [2.45, 2.75) is 32.1 Å². The van der Waals surface area contributed by atoms with Crippen molar-refractivity contribution >= 4 is 29.2 Å². The van der Waals surface area contributed by atoms with E-state index >= 15 is 0 Å². The quantitative estimate of drug-likeness (QED) is 0.527. The van der Waals surface area contributed by atoms with E-state index in [1.807, 2.05) is 36.5 Å². The fourth-order valence-corrected chi connectivity index (χ4v) is 3.72. The maximum absolute atomic E-state index is 12.7. The number of hydrogen-bond acceptors (Lipinski definition) is 6. The van der Waals surface area contributed by atoms with Crippen molar-refractivity contribution in [1.82, 2.24) is 4.90 Å². The number of ether oxygens (including phenoxy) is 1. The van der Waals surface area contributed by atoms with Crippen LogP contribution in [-0.4, -0.2) is 58.9 Å². The highest BCUT2D eigenvalue weighted by atomic mass is 35.5. The van der Waals surface area contributed by atoms with Crippen LogP contribution in [0.25, 0.3) is 0 Å². The molecule has 2 N–H and O–H groups in total. The number of esters is 1. The number of aliphatic imine (C=N–C) groups is 1. The first-order chi connectivity index (χ1) is 15.5. The molecule has 1 amide bonds. The zero-order chi connectivity index (χ0) is 22.9. The van der Waals surface area contributed by atoms with Gasteiger partial charge >= 0.3 is 5.97 Å². The van der Waals surface area contributed by atoms with Crippen LogP contribution < -0.4 is 0 Å². The van der Waals surface area contributed by atoms with E-state index in [1.54, 1.807) is 4.90 Å². The van der Waals surface area contributed by atoms with E-state index in [1.165, 1.54) is 0 Å². The van der Waals surface area contributed by atoms with Crippen LogP contribution in [0.1, 0.15) is 41.6 Å². The van der Waals surface area contributed by atoms with Gasteiger partial charge in [-0.25, -0.2) is 4.79 Å². The molecule has 7 nitrogen and oxygen atoms in total. The predicted molar refractivity (Wildman–Crippen MR) is 124 cm³/mol. The standard InChI is InChI=1S/C24H27ClN2O5/c25-23-18-15-17(26-11-10-21(30)27-12-6-7-13-27)9-5-3-1-2-4-8-14-32-24(31)22(18)19(28)16-20(23)29/h2,4-7,9,16,28-29H,1,3,8,10-15H2/b4-2+,9-5+,26-17+. The van der Waals surface area contributed by atoms with Gasteiger partial charge in [0, 0.05) is 44.3 Å². The number of rotatable bonds is 3. The first kappa shape index (κ1) is 23.6. The first-order valence-corrected chi connectivity index (χ1v) is 11.0. The van der Waals surface area contributed by atoms with Gasteiger partial charge in [0.05, 0.1) is 11.6 Å². The number of phenols is 2. The van der Waals surface area contributed by atoms with E-state index < -0.39 is 11.7 Å². The molecule has 1 aromatic carbocycles. The number of fused-ring (bicyclic) bond motifs is 1. The van der Waals surface area contributed by atoms with Gasteiger partial charge in [0.15, 0.2) is 0 Å². The molecule has 0 radical (unpaired) electrons. The Kier molecular flexibility index (Phi) is 8.50. The van der Waals surface area contributed by atoms with Crippen molar-refractivity contribution in [3.63, 3.8) is 0 Å². The maximum atomic E-state index is 12.7. The van der Waals surface area contributed by atoms with Gasteiger partial charge in [-0.1, -0.05) is 42.0 Å². The highest BCUT2D eigenvalue weighted by Gasteiger charge is 2.24. The van der Waals surface area contributed by atoms with Gasteiger partial charge in [0.1, 0.15) is 17.1 Å². The summed E-state index contributed by atoms with van der Waals surface area (Å²) in [6.07, 6.45) is 14.2. The Balaban J connectivity index is 1.88. The summed E-state index contributed by atoms with van der Waals surface area (Å²) in [5.74, 6) is -1.44. The van der Waals surface area contributed by atoms with Crippen molar-refractivity contribution in [1.29, 1.82) is 0 Å². The number of amides is 1. The van der Waals surface area contributed by atoms with E-state index in [9.17, 15) is 19.8 Å². The molecule has 0 spiro atoms. The summed E-state index contributed by atoms with van der Waals surface area (Å²) < 4.78 is 5.29. The lowest BCUT2D eigenvalue weighted by Gasteiger charge is -2.15. The summed E-state index contributed by atoms with van der Waals surface area (Å²) in [6.45, 7) is 1.67. The molecule has 1 aromatic rings. The summed E-state index contributed by atoms with van der Waals surface area (Å²) in [7, 11) is 0. The largest absolute Gasteiger partial charge is 0.507 e. The zero-order valence-corrected chi connectivity index (χ0v) is 18.6. The number of benzene rings is 1. The Hall–Kier alpha value is -3.06. The van der Waals surface area contributed by atoms with Crippen LogP contribution in [0.3, 0.4) is 0 Å². The van der Waals surface area contributed by atoms with E-state index in [0.29, 0.717) is 25.2 Å². The number of carbonyl (C=O) groups excluding carboxylic acids is 2. The van der Waals surface area contributed by atoms with E-state index in [0.717, 1.165) is 18.9 Å². The monoisotopic (exact) mass is 458 g/mol. The smallest absolute Gasteiger partial charge is 0.342 e. The Morgan fingerprint density at radius 1 is 1.06 bits per heavy atom. The van der Waals surface area contributed by atoms with Crippen LogP contribution >= 0.6 is 11.6 Å². The molecule has 0 saturated heterocycles. The van der Waals surface area contributed by atoms with E-state index in [4.69, 9.17) is 16.3 Å². The number of phenolic OH excluding ortho intramolecular Hbond substituents is 2. The number of allylic oxidation sites excluding steroid dienone is 3. The number of aromatic hydroxyl groups is 2. The molecule has 0 fully saturated rings. The van der Waals surface area contributed by atoms with Gasteiger partial charge in [-0.05, 0) is 30.9 Å². The third-order valence-corrected chi connectivity index (χ3v) is 5.61. The first-order valence-electron chi connectivity index (χ1n) is 10.7. The molecule has 2 aliphatic rings. The second kappa shape index (κ2) is 11.5. The minimum absolute atomic E-state index is 0.0201. The maximum Gasteiger partial charge on any atom is 0.342 e. The number of nitrogens with zero attached hydrogens (tertiary/aromatic N) is 2. The molecule has 32 heavy (non-hydrogen) atoms.